The van der Waals surface area contributed by atoms with Gasteiger partial charge < -0.3 is 4.74 Å². The van der Waals surface area contributed by atoms with Crippen LogP contribution in [0.2, 0.25) is 0 Å². The molecule has 0 amide bonds. The second-order valence-corrected chi connectivity index (χ2v) is 7.50. The molecule has 1 aromatic carbocycles. The Morgan fingerprint density at radius 1 is 1.26 bits per heavy atom. The first-order valence-corrected chi connectivity index (χ1v) is 9.17. The molecule has 128 valence electrons. The molecule has 0 saturated carbocycles. The van der Waals surface area contributed by atoms with Crippen LogP contribution in [0.5, 0.6) is 0 Å². The summed E-state index contributed by atoms with van der Waals surface area (Å²) in [5.74, 6) is -0.205. The molecule has 0 bridgehead atoms. The highest BCUT2D eigenvalue weighted by molar-refractivity contribution is 7.89. The van der Waals surface area contributed by atoms with Crippen molar-refractivity contribution >= 4 is 16.0 Å². The highest BCUT2D eigenvalue weighted by atomic mass is 32.2. The summed E-state index contributed by atoms with van der Waals surface area (Å²) in [6.07, 6.45) is 3.40. The first kappa shape index (κ1) is 19.4. The Balaban J connectivity index is 2.91. The molecule has 1 unspecified atom stereocenters. The van der Waals surface area contributed by atoms with Crippen LogP contribution in [0.25, 0.3) is 0 Å². The van der Waals surface area contributed by atoms with E-state index in [1.54, 1.807) is 37.3 Å². The molecule has 0 radical (unpaired) electrons. The van der Waals surface area contributed by atoms with Crippen LogP contribution in [0.4, 0.5) is 0 Å². The largest absolute Gasteiger partial charge is 0.463 e. The van der Waals surface area contributed by atoms with E-state index >= 15 is 0 Å². The van der Waals surface area contributed by atoms with Crippen LogP contribution in [0.1, 0.15) is 32.8 Å². The zero-order valence-electron chi connectivity index (χ0n) is 14.1. The molecule has 0 spiro atoms. The van der Waals surface area contributed by atoms with Crippen LogP contribution in [0.15, 0.2) is 41.3 Å². The fraction of sp³-hybridized carbons (Fsp3) is 0.471. The first-order chi connectivity index (χ1) is 10.7. The third-order valence-electron chi connectivity index (χ3n) is 3.11. The quantitative estimate of drug-likeness (QED) is 0.584. The normalized spacial score (nSPS) is 13.4. The van der Waals surface area contributed by atoms with E-state index in [4.69, 9.17) is 4.74 Å². The third kappa shape index (κ3) is 6.97. The van der Waals surface area contributed by atoms with Crippen LogP contribution in [-0.2, 0) is 19.6 Å². The zero-order valence-corrected chi connectivity index (χ0v) is 14.9. The topological polar surface area (TPSA) is 72.5 Å². The van der Waals surface area contributed by atoms with E-state index in [0.717, 1.165) is 5.56 Å². The number of aryl methyl sites for hydroxylation is 1. The van der Waals surface area contributed by atoms with Gasteiger partial charge >= 0.3 is 5.97 Å². The van der Waals surface area contributed by atoms with E-state index in [9.17, 15) is 13.2 Å². The summed E-state index contributed by atoms with van der Waals surface area (Å²) in [4.78, 5) is 11.6. The Bertz CT molecular complexity index is 633. The molecular formula is C17H25NO4S. The zero-order chi connectivity index (χ0) is 17.5. The number of hydrogen-bond donors (Lipinski definition) is 1. The molecule has 0 aromatic heterocycles. The number of benzene rings is 1. The SMILES string of the molecule is CCOC(=O)/C=C/C(CC(C)C)NS(=O)(=O)c1ccc(C)cc1. The van der Waals surface area contributed by atoms with Gasteiger partial charge in [-0.15, -0.1) is 0 Å². The Morgan fingerprint density at radius 3 is 2.39 bits per heavy atom. The van der Waals surface area contributed by atoms with Crippen molar-refractivity contribution < 1.29 is 17.9 Å². The molecule has 0 aliphatic rings. The third-order valence-corrected chi connectivity index (χ3v) is 4.62. The highest BCUT2D eigenvalue weighted by Crippen LogP contribution is 2.14. The van der Waals surface area contributed by atoms with Gasteiger partial charge in [-0.25, -0.2) is 17.9 Å². The van der Waals surface area contributed by atoms with E-state index in [-0.39, 0.29) is 17.4 Å². The van der Waals surface area contributed by atoms with Crippen molar-refractivity contribution in [2.75, 3.05) is 6.61 Å². The summed E-state index contributed by atoms with van der Waals surface area (Å²) in [7, 11) is -3.64. The van der Waals surface area contributed by atoms with E-state index in [1.165, 1.54) is 6.08 Å². The number of esters is 1. The molecule has 1 rings (SSSR count). The summed E-state index contributed by atoms with van der Waals surface area (Å²) in [6, 6.07) is 6.17. The molecule has 1 atom stereocenters. The molecule has 0 heterocycles. The van der Waals surface area contributed by atoms with Gasteiger partial charge in [-0.3, -0.25) is 0 Å². The van der Waals surface area contributed by atoms with Crippen molar-refractivity contribution in [2.45, 2.75) is 45.1 Å². The summed E-state index contributed by atoms with van der Waals surface area (Å²) in [5.41, 5.74) is 0.991. The fourth-order valence-electron chi connectivity index (χ4n) is 2.04. The maximum Gasteiger partial charge on any atom is 0.330 e. The van der Waals surface area contributed by atoms with Gasteiger partial charge in [0.25, 0.3) is 0 Å². The monoisotopic (exact) mass is 339 g/mol. The summed E-state index contributed by atoms with van der Waals surface area (Å²) < 4.78 is 32.3. The summed E-state index contributed by atoms with van der Waals surface area (Å²) >= 11 is 0. The smallest absolute Gasteiger partial charge is 0.330 e. The van der Waals surface area contributed by atoms with Crippen molar-refractivity contribution in [3.8, 4) is 0 Å². The van der Waals surface area contributed by atoms with Gasteiger partial charge in [0.1, 0.15) is 0 Å². The van der Waals surface area contributed by atoms with Gasteiger partial charge in [0, 0.05) is 12.1 Å². The molecule has 1 N–H and O–H groups in total. The van der Waals surface area contributed by atoms with Crippen molar-refractivity contribution in [3.63, 3.8) is 0 Å². The molecule has 0 aliphatic heterocycles. The van der Waals surface area contributed by atoms with Crippen molar-refractivity contribution in [1.29, 1.82) is 0 Å². The number of sulfonamides is 1. The second kappa shape index (κ2) is 8.84. The predicted octanol–water partition coefficient (Wildman–Crippen LogP) is 2.81. The standard InChI is InChI=1S/C17H25NO4S/c1-5-22-17(19)11-8-15(12-13(2)3)18-23(20,21)16-9-6-14(4)7-10-16/h6-11,13,15,18H,5,12H2,1-4H3/b11-8+. The number of carbonyl (C=O) groups excluding carboxylic acids is 1. The van der Waals surface area contributed by atoms with E-state index in [2.05, 4.69) is 4.72 Å². The number of rotatable bonds is 8. The van der Waals surface area contributed by atoms with Crippen LogP contribution < -0.4 is 4.72 Å². The lowest BCUT2D eigenvalue weighted by molar-refractivity contribution is -0.137. The molecule has 5 nitrogen and oxygen atoms in total. The minimum atomic E-state index is -3.64. The minimum Gasteiger partial charge on any atom is -0.463 e. The molecule has 6 heteroatoms. The molecular weight excluding hydrogens is 314 g/mol. The molecule has 1 aromatic rings. The van der Waals surface area contributed by atoms with Crippen LogP contribution >= 0.6 is 0 Å². The molecule has 0 fully saturated rings. The van der Waals surface area contributed by atoms with E-state index in [0.29, 0.717) is 6.42 Å². The van der Waals surface area contributed by atoms with Gasteiger partial charge in [0.05, 0.1) is 11.5 Å². The van der Waals surface area contributed by atoms with Gasteiger partial charge in [0.2, 0.25) is 10.0 Å². The minimum absolute atomic E-state index is 0.210. The van der Waals surface area contributed by atoms with Gasteiger partial charge in [0.15, 0.2) is 0 Å². The lowest BCUT2D eigenvalue weighted by Gasteiger charge is -2.17. The molecule has 0 aliphatic carbocycles. The number of ether oxygens (including phenoxy) is 1. The lowest BCUT2D eigenvalue weighted by atomic mass is 10.0. The molecule has 0 saturated heterocycles. The maximum absolute atomic E-state index is 12.4. The van der Waals surface area contributed by atoms with Crippen molar-refractivity contribution in [1.82, 2.24) is 4.72 Å². The Labute approximate surface area is 138 Å². The van der Waals surface area contributed by atoms with Crippen LogP contribution in [0, 0.1) is 12.8 Å². The van der Waals surface area contributed by atoms with Gasteiger partial charge in [-0.05, 0) is 38.3 Å². The average molecular weight is 339 g/mol. The number of nitrogens with one attached hydrogen (secondary N) is 1. The second-order valence-electron chi connectivity index (χ2n) is 5.78. The Morgan fingerprint density at radius 2 is 1.87 bits per heavy atom. The van der Waals surface area contributed by atoms with Crippen LogP contribution in [0.3, 0.4) is 0 Å². The van der Waals surface area contributed by atoms with E-state index in [1.807, 2.05) is 20.8 Å². The Kier molecular flexibility index (Phi) is 7.45. The van der Waals surface area contributed by atoms with Gasteiger partial charge in [-0.2, -0.15) is 0 Å². The van der Waals surface area contributed by atoms with Crippen molar-refractivity contribution in [3.05, 3.63) is 42.0 Å². The highest BCUT2D eigenvalue weighted by Gasteiger charge is 2.19. The van der Waals surface area contributed by atoms with Crippen LogP contribution in [-0.4, -0.2) is 27.0 Å². The fourth-order valence-corrected chi connectivity index (χ4v) is 3.25. The summed E-state index contributed by atoms with van der Waals surface area (Å²) in [5, 5.41) is 0. The number of carbonyl (C=O) groups is 1. The first-order valence-electron chi connectivity index (χ1n) is 7.68. The Hall–Kier alpha value is -1.66. The van der Waals surface area contributed by atoms with Gasteiger partial charge in [-0.1, -0.05) is 37.6 Å². The van der Waals surface area contributed by atoms with E-state index < -0.39 is 22.0 Å². The lowest BCUT2D eigenvalue weighted by Crippen LogP contribution is -2.34. The summed E-state index contributed by atoms with van der Waals surface area (Å²) in [6.45, 7) is 7.88. The average Bonchev–Trinajstić information content (AvgIpc) is 2.44. The predicted molar refractivity (Wildman–Crippen MR) is 90.5 cm³/mol. The number of hydrogen-bond acceptors (Lipinski definition) is 4. The maximum atomic E-state index is 12.4. The van der Waals surface area contributed by atoms with Crippen molar-refractivity contribution in [2.24, 2.45) is 5.92 Å². The molecule has 23 heavy (non-hydrogen) atoms.